The second-order valence-electron chi connectivity index (χ2n) is 8.42. The Morgan fingerprint density at radius 2 is 1.76 bits per heavy atom. The van der Waals surface area contributed by atoms with Crippen LogP contribution in [0.5, 0.6) is 0 Å². The quantitative estimate of drug-likeness (QED) is 0.880. The lowest BCUT2D eigenvalue weighted by molar-refractivity contribution is -0.0145. The Labute approximate surface area is 129 Å². The minimum atomic E-state index is -0.583. The summed E-state index contributed by atoms with van der Waals surface area (Å²) in [6.07, 6.45) is 5.83. The van der Waals surface area contributed by atoms with E-state index in [1.165, 1.54) is 5.56 Å². The molecule has 1 aliphatic rings. The maximum Gasteiger partial charge on any atom is 0.125 e. The van der Waals surface area contributed by atoms with E-state index in [1.807, 2.05) is 12.3 Å². The van der Waals surface area contributed by atoms with Crippen molar-refractivity contribution < 1.29 is 5.11 Å². The highest BCUT2D eigenvalue weighted by Crippen LogP contribution is 2.40. The van der Waals surface area contributed by atoms with E-state index < -0.39 is 5.60 Å². The lowest BCUT2D eigenvalue weighted by atomic mass is 9.71. The van der Waals surface area contributed by atoms with Crippen LogP contribution in [0.1, 0.15) is 65.9 Å². The molecule has 2 N–H and O–H groups in total. The molecule has 0 bridgehead atoms. The smallest absolute Gasteiger partial charge is 0.125 e. The van der Waals surface area contributed by atoms with Gasteiger partial charge in [-0.2, -0.15) is 0 Å². The van der Waals surface area contributed by atoms with E-state index in [1.54, 1.807) is 0 Å². The molecule has 3 heteroatoms. The average Bonchev–Trinajstić information content (AvgIpc) is 2.40. The van der Waals surface area contributed by atoms with Crippen molar-refractivity contribution in [2.75, 3.05) is 11.9 Å². The largest absolute Gasteiger partial charge is 0.388 e. The molecule has 3 nitrogen and oxygen atoms in total. The van der Waals surface area contributed by atoms with Gasteiger partial charge in [0.05, 0.1) is 5.60 Å². The Balaban J connectivity index is 1.91. The summed E-state index contributed by atoms with van der Waals surface area (Å²) in [5, 5.41) is 14.0. The Morgan fingerprint density at radius 1 is 1.14 bits per heavy atom. The van der Waals surface area contributed by atoms with Gasteiger partial charge in [-0.3, -0.25) is 0 Å². The first-order chi connectivity index (χ1) is 9.60. The summed E-state index contributed by atoms with van der Waals surface area (Å²) < 4.78 is 0. The van der Waals surface area contributed by atoms with Crippen molar-refractivity contribution >= 4 is 5.82 Å². The van der Waals surface area contributed by atoms with E-state index in [9.17, 15) is 5.11 Å². The molecule has 1 aromatic heterocycles. The van der Waals surface area contributed by atoms with Crippen molar-refractivity contribution in [1.29, 1.82) is 0 Å². The monoisotopic (exact) mass is 290 g/mol. The fraction of sp³-hybridized carbons (Fsp3) is 0.722. The number of hydrogen-bond acceptors (Lipinski definition) is 3. The molecule has 0 saturated heterocycles. The SMILES string of the molecule is CC1(C)CCC(O)(CNc2ccc(C(C)(C)C)cn2)CC1. The molecule has 2 rings (SSSR count). The van der Waals surface area contributed by atoms with Gasteiger partial charge >= 0.3 is 0 Å². The number of nitrogens with zero attached hydrogens (tertiary/aromatic N) is 1. The third-order valence-electron chi connectivity index (χ3n) is 4.76. The fourth-order valence-corrected chi connectivity index (χ4v) is 2.77. The van der Waals surface area contributed by atoms with Crippen molar-refractivity contribution in [3.8, 4) is 0 Å². The zero-order chi connectivity index (χ0) is 15.7. The molecule has 1 saturated carbocycles. The molecule has 0 aromatic carbocycles. The molecule has 0 spiro atoms. The highest BCUT2D eigenvalue weighted by molar-refractivity contribution is 5.37. The molecule has 0 amide bonds. The van der Waals surface area contributed by atoms with Gasteiger partial charge in [0, 0.05) is 12.7 Å². The minimum absolute atomic E-state index is 0.124. The molecule has 1 heterocycles. The Bertz CT molecular complexity index is 461. The van der Waals surface area contributed by atoms with Crippen LogP contribution in [0.4, 0.5) is 5.82 Å². The number of aromatic nitrogens is 1. The second-order valence-corrected chi connectivity index (χ2v) is 8.42. The van der Waals surface area contributed by atoms with Crippen molar-refractivity contribution in [2.45, 2.75) is 71.3 Å². The summed E-state index contributed by atoms with van der Waals surface area (Å²) in [5.41, 5.74) is 1.14. The molecule has 1 aliphatic carbocycles. The van der Waals surface area contributed by atoms with Gasteiger partial charge in [0.1, 0.15) is 5.82 Å². The molecule has 21 heavy (non-hydrogen) atoms. The Kier molecular flexibility index (Phi) is 4.34. The lowest BCUT2D eigenvalue weighted by Gasteiger charge is -2.40. The first-order valence-electron chi connectivity index (χ1n) is 8.03. The standard InChI is InChI=1S/C18H30N2O/c1-16(2,3)14-6-7-15(19-12-14)20-13-18(21)10-8-17(4,5)9-11-18/h6-7,12,21H,8-11,13H2,1-5H3,(H,19,20). The highest BCUT2D eigenvalue weighted by Gasteiger charge is 2.36. The van der Waals surface area contributed by atoms with E-state index in [2.05, 4.69) is 51.0 Å². The van der Waals surface area contributed by atoms with Crippen molar-refractivity contribution in [3.05, 3.63) is 23.9 Å². The summed E-state index contributed by atoms with van der Waals surface area (Å²) in [5.74, 6) is 0.848. The molecular formula is C18H30N2O. The summed E-state index contributed by atoms with van der Waals surface area (Å²) in [4.78, 5) is 4.47. The molecule has 0 radical (unpaired) electrons. The average molecular weight is 290 g/mol. The summed E-state index contributed by atoms with van der Waals surface area (Å²) >= 11 is 0. The minimum Gasteiger partial charge on any atom is -0.388 e. The van der Waals surface area contributed by atoms with Crippen LogP contribution in [0.15, 0.2) is 18.3 Å². The Morgan fingerprint density at radius 3 is 2.24 bits per heavy atom. The van der Waals surface area contributed by atoms with E-state index in [-0.39, 0.29) is 5.41 Å². The topological polar surface area (TPSA) is 45.1 Å². The predicted octanol–water partition coefficient (Wildman–Crippen LogP) is 4.12. The summed E-state index contributed by atoms with van der Waals surface area (Å²) in [6, 6.07) is 4.13. The number of nitrogens with one attached hydrogen (secondary N) is 1. The zero-order valence-corrected chi connectivity index (χ0v) is 14.2. The first-order valence-corrected chi connectivity index (χ1v) is 8.03. The lowest BCUT2D eigenvalue weighted by Crippen LogP contribution is -2.42. The van der Waals surface area contributed by atoms with E-state index in [0.29, 0.717) is 12.0 Å². The maximum atomic E-state index is 10.7. The number of anilines is 1. The predicted molar refractivity (Wildman–Crippen MR) is 88.6 cm³/mol. The van der Waals surface area contributed by atoms with Gasteiger partial charge < -0.3 is 10.4 Å². The van der Waals surface area contributed by atoms with Crippen LogP contribution in [0.3, 0.4) is 0 Å². The van der Waals surface area contributed by atoms with Gasteiger partial charge in [-0.1, -0.05) is 40.7 Å². The summed E-state index contributed by atoms with van der Waals surface area (Å²) in [6.45, 7) is 11.7. The van der Waals surface area contributed by atoms with Crippen LogP contribution in [-0.4, -0.2) is 22.2 Å². The fourth-order valence-electron chi connectivity index (χ4n) is 2.77. The molecule has 0 aliphatic heterocycles. The van der Waals surface area contributed by atoms with Gasteiger partial charge in [0.2, 0.25) is 0 Å². The van der Waals surface area contributed by atoms with Gasteiger partial charge in [-0.25, -0.2) is 4.98 Å². The highest BCUT2D eigenvalue weighted by atomic mass is 16.3. The van der Waals surface area contributed by atoms with Crippen LogP contribution in [0, 0.1) is 5.41 Å². The number of aliphatic hydroxyl groups is 1. The van der Waals surface area contributed by atoms with Crippen LogP contribution in [0.25, 0.3) is 0 Å². The third-order valence-corrected chi connectivity index (χ3v) is 4.76. The zero-order valence-electron chi connectivity index (χ0n) is 14.2. The van der Waals surface area contributed by atoms with Gasteiger partial charge in [-0.05, 0) is 48.1 Å². The van der Waals surface area contributed by atoms with Crippen molar-refractivity contribution in [2.24, 2.45) is 5.41 Å². The second kappa shape index (κ2) is 5.60. The molecule has 0 atom stereocenters. The molecule has 0 unspecified atom stereocenters. The normalized spacial score (nSPS) is 21.0. The number of pyridine rings is 1. The van der Waals surface area contributed by atoms with Gasteiger partial charge in [0.25, 0.3) is 0 Å². The molecule has 1 fully saturated rings. The van der Waals surface area contributed by atoms with Gasteiger partial charge in [0.15, 0.2) is 0 Å². The maximum absolute atomic E-state index is 10.7. The van der Waals surface area contributed by atoms with E-state index in [0.717, 1.165) is 31.5 Å². The molecule has 1 aromatic rings. The van der Waals surface area contributed by atoms with E-state index in [4.69, 9.17) is 0 Å². The van der Waals surface area contributed by atoms with Crippen LogP contribution in [-0.2, 0) is 5.41 Å². The molecular weight excluding hydrogens is 260 g/mol. The van der Waals surface area contributed by atoms with Crippen molar-refractivity contribution in [1.82, 2.24) is 4.98 Å². The van der Waals surface area contributed by atoms with Gasteiger partial charge in [-0.15, -0.1) is 0 Å². The Hall–Kier alpha value is -1.09. The summed E-state index contributed by atoms with van der Waals surface area (Å²) in [7, 11) is 0. The first kappa shape index (κ1) is 16.3. The van der Waals surface area contributed by atoms with E-state index >= 15 is 0 Å². The third kappa shape index (κ3) is 4.44. The van der Waals surface area contributed by atoms with Crippen LogP contribution in [0.2, 0.25) is 0 Å². The number of hydrogen-bond donors (Lipinski definition) is 2. The number of rotatable bonds is 3. The van der Waals surface area contributed by atoms with Crippen molar-refractivity contribution in [3.63, 3.8) is 0 Å². The van der Waals surface area contributed by atoms with Crippen LogP contribution >= 0.6 is 0 Å². The van der Waals surface area contributed by atoms with Crippen LogP contribution < -0.4 is 5.32 Å². The molecule has 118 valence electrons.